The molecule has 0 aliphatic heterocycles. The number of furan rings is 1. The molecule has 1 aliphatic carbocycles. The van der Waals surface area contributed by atoms with Gasteiger partial charge in [-0.1, -0.05) is 133 Å². The van der Waals surface area contributed by atoms with Crippen molar-refractivity contribution in [3.63, 3.8) is 0 Å². The number of aromatic nitrogens is 2. The zero-order chi connectivity index (χ0) is 43.4. The molecule has 3 heterocycles. The fourth-order valence-corrected chi connectivity index (χ4v) is 9.05. The molecule has 5 aromatic carbocycles. The first kappa shape index (κ1) is 33.7. The molecule has 3 nitrogen and oxygen atoms in total. The van der Waals surface area contributed by atoms with Crippen LogP contribution in [0.2, 0.25) is 19.6 Å². The molecule has 287 valence electrons. The molecule has 0 amide bonds. The zero-order valence-electron chi connectivity index (χ0n) is 39.0. The monoisotopic (exact) mass is 934 g/mol. The Kier molecular flexibility index (Phi) is 8.55. The summed E-state index contributed by atoms with van der Waals surface area (Å²) in [6.07, 6.45) is 1.38. The molecule has 0 unspecified atom stereocenters. The second-order valence-corrected chi connectivity index (χ2v) is 23.2. The minimum absolute atomic E-state index is 0. The van der Waals surface area contributed by atoms with E-state index in [0.29, 0.717) is 16.8 Å². The topological polar surface area (TPSA) is 38.9 Å². The number of hydrogen-bond acceptors (Lipinski definition) is 3. The Balaban J connectivity index is 0.000000278. The van der Waals surface area contributed by atoms with Crippen LogP contribution in [-0.4, -0.2) is 18.0 Å². The van der Waals surface area contributed by atoms with E-state index in [2.05, 4.69) is 118 Å². The summed E-state index contributed by atoms with van der Waals surface area (Å²) in [4.78, 5) is 9.08. The van der Waals surface area contributed by atoms with Gasteiger partial charge in [0.1, 0.15) is 5.58 Å². The molecule has 0 fully saturated rings. The van der Waals surface area contributed by atoms with Gasteiger partial charge in [-0.25, -0.2) is 0 Å². The molecule has 1 radical (unpaired) electrons. The quantitative estimate of drug-likeness (QED) is 0.100. The molecule has 1 aliphatic rings. The molecule has 9 rings (SSSR count). The zero-order valence-corrected chi connectivity index (χ0v) is 37.3. The van der Waals surface area contributed by atoms with Gasteiger partial charge in [0.05, 0.1) is 13.7 Å². The summed E-state index contributed by atoms with van der Waals surface area (Å²) in [6.45, 7) is 19.1. The van der Waals surface area contributed by atoms with Gasteiger partial charge in [-0.2, -0.15) is 0 Å². The Morgan fingerprint density at radius 3 is 2.18 bits per heavy atom. The Bertz CT molecular complexity index is 2960. The number of rotatable bonds is 4. The van der Waals surface area contributed by atoms with Crippen LogP contribution in [0.1, 0.15) is 77.6 Å². The van der Waals surface area contributed by atoms with Crippen LogP contribution in [-0.2, 0) is 37.3 Å². The molecular weight excluding hydrogens is 877 g/mol. The van der Waals surface area contributed by atoms with Crippen molar-refractivity contribution in [1.82, 2.24) is 9.97 Å². The molecule has 0 bridgehead atoms. The molecule has 0 saturated carbocycles. The minimum atomic E-state index is -2.52. The number of aryl methyl sites for hydroxylation is 1. The van der Waals surface area contributed by atoms with Crippen molar-refractivity contribution in [1.29, 1.82) is 0 Å². The van der Waals surface area contributed by atoms with Crippen molar-refractivity contribution in [3.8, 4) is 22.5 Å². The maximum atomic E-state index is 8.98. The third-order valence-corrected chi connectivity index (χ3v) is 13.8. The molecule has 8 aromatic rings. The van der Waals surface area contributed by atoms with Crippen LogP contribution in [0.3, 0.4) is 0 Å². The van der Waals surface area contributed by atoms with Gasteiger partial charge in [0.15, 0.2) is 0 Å². The fraction of sp³-hybridized carbons (Fsp3) is 0.294. The van der Waals surface area contributed by atoms with Crippen molar-refractivity contribution in [2.45, 2.75) is 92.2 Å². The largest absolute Gasteiger partial charge is 0.500 e. The predicted molar refractivity (Wildman–Crippen MR) is 236 cm³/mol. The Morgan fingerprint density at radius 1 is 0.732 bits per heavy atom. The summed E-state index contributed by atoms with van der Waals surface area (Å²) < 4.78 is 49.1. The van der Waals surface area contributed by atoms with E-state index in [-0.39, 0.29) is 42.1 Å². The van der Waals surface area contributed by atoms with E-state index in [1.54, 1.807) is 26.8 Å². The van der Waals surface area contributed by atoms with Crippen molar-refractivity contribution in [2.75, 3.05) is 0 Å². The number of hydrogen-bond donors (Lipinski definition) is 0. The van der Waals surface area contributed by atoms with Crippen molar-refractivity contribution < 1.29 is 31.4 Å². The van der Waals surface area contributed by atoms with Crippen LogP contribution in [0.4, 0.5) is 0 Å². The maximum Gasteiger partial charge on any atom is 0.128 e. The first-order valence-electron chi connectivity index (χ1n) is 21.7. The Labute approximate surface area is 354 Å². The van der Waals surface area contributed by atoms with Gasteiger partial charge in [0.2, 0.25) is 0 Å². The van der Waals surface area contributed by atoms with E-state index >= 15 is 0 Å². The predicted octanol–water partition coefficient (Wildman–Crippen LogP) is 13.3. The summed E-state index contributed by atoms with van der Waals surface area (Å²) in [5.41, 5.74) is 5.95. The van der Waals surface area contributed by atoms with E-state index in [9.17, 15) is 0 Å². The molecule has 3 aromatic heterocycles. The van der Waals surface area contributed by atoms with Crippen LogP contribution < -0.4 is 5.19 Å². The smallest absolute Gasteiger partial charge is 0.128 e. The van der Waals surface area contributed by atoms with Crippen LogP contribution in [0, 0.1) is 24.4 Å². The summed E-state index contributed by atoms with van der Waals surface area (Å²) in [7, 11) is -1.23. The Morgan fingerprint density at radius 2 is 1.50 bits per heavy atom. The summed E-state index contributed by atoms with van der Waals surface area (Å²) >= 11 is 0. The van der Waals surface area contributed by atoms with Crippen LogP contribution >= 0.6 is 0 Å². The number of pyridine rings is 2. The van der Waals surface area contributed by atoms with E-state index in [4.69, 9.17) is 11.3 Å². The minimum Gasteiger partial charge on any atom is -0.500 e. The SMILES string of the molecule is C[Si](C)(C)c1ccc(-c2[c-]cccc2)nc1.[2H]C([2H])([2H])c1cnc(-c2[c-]ccc3c2oc2c3cc3c4c2ccc2cccc(c24)C(C)(C)C3(C)C)cc1C([2H])([2H])C(C)(C)C.[Ir]. The number of nitrogens with zero attached hydrogens (tertiary/aromatic N) is 2. The van der Waals surface area contributed by atoms with Crippen LogP contribution in [0.15, 0.2) is 108 Å². The average molecular weight is 934 g/mol. The van der Waals surface area contributed by atoms with Gasteiger partial charge in [-0.3, -0.25) is 0 Å². The van der Waals surface area contributed by atoms with Gasteiger partial charge in [0, 0.05) is 50.1 Å². The second-order valence-electron chi connectivity index (χ2n) is 18.1. The summed E-state index contributed by atoms with van der Waals surface area (Å²) in [6, 6.07) is 37.4. The van der Waals surface area contributed by atoms with E-state index in [0.717, 1.165) is 33.0 Å². The average Bonchev–Trinajstić information content (AvgIpc) is 3.58. The molecule has 0 saturated heterocycles. The van der Waals surface area contributed by atoms with E-state index < -0.39 is 26.7 Å². The van der Waals surface area contributed by atoms with Gasteiger partial charge in [-0.05, 0) is 85.0 Å². The van der Waals surface area contributed by atoms with Gasteiger partial charge >= 0.3 is 0 Å². The summed E-state index contributed by atoms with van der Waals surface area (Å²) in [5, 5.41) is 8.08. The number of benzene rings is 5. The normalized spacial score (nSPS) is 16.4. The summed E-state index contributed by atoms with van der Waals surface area (Å²) in [5.74, 6) is 0. The standard InChI is InChI=1S/C37H36NO.C14H16NSi.Ir/c1-21-20-38-30(17-23(21)19-35(2,3)4)25-13-10-12-24-27-18-29-32-26(34(27)39-33(24)25)16-15-22-11-9-14-28(31(22)32)36(5,6)37(29,7)8;1-16(2,3)13-9-10-14(15-11-13)12-7-5-4-6-8-12;/h9-12,14-18,20H,19H2,1-8H3;4-7,9-11H,1-3H3;/q2*-1;/i1D3,19D2;;. The van der Waals surface area contributed by atoms with Crippen molar-refractivity contribution in [3.05, 3.63) is 138 Å². The third-order valence-electron chi connectivity index (χ3n) is 11.7. The maximum absolute atomic E-state index is 8.98. The second kappa shape index (κ2) is 14.2. The van der Waals surface area contributed by atoms with Gasteiger partial charge in [-0.15, -0.1) is 54.1 Å². The van der Waals surface area contributed by atoms with E-state index in [1.807, 2.05) is 42.6 Å². The fourth-order valence-electron chi connectivity index (χ4n) is 8.02. The van der Waals surface area contributed by atoms with Crippen molar-refractivity contribution in [2.24, 2.45) is 5.41 Å². The first-order valence-corrected chi connectivity index (χ1v) is 22.7. The molecule has 0 spiro atoms. The molecular formula is C51H52IrN2OSi-2. The molecule has 0 N–H and O–H groups in total. The van der Waals surface area contributed by atoms with Crippen LogP contribution in [0.5, 0.6) is 0 Å². The molecule has 56 heavy (non-hydrogen) atoms. The first-order chi connectivity index (χ1) is 27.9. The van der Waals surface area contributed by atoms with Crippen LogP contribution in [0.25, 0.3) is 66.0 Å². The van der Waals surface area contributed by atoms with Crippen molar-refractivity contribution >= 4 is 56.7 Å². The van der Waals surface area contributed by atoms with Gasteiger partial charge < -0.3 is 14.4 Å². The van der Waals surface area contributed by atoms with E-state index in [1.165, 1.54) is 38.7 Å². The third kappa shape index (κ3) is 6.76. The Hall–Kier alpha value is -4.41. The molecule has 0 atom stereocenters. The number of fused-ring (bicyclic) bond motifs is 4. The molecule has 5 heteroatoms. The van der Waals surface area contributed by atoms with Gasteiger partial charge in [0.25, 0.3) is 0 Å².